The highest BCUT2D eigenvalue weighted by molar-refractivity contribution is 9.10. The van der Waals surface area contributed by atoms with Crippen LogP contribution >= 0.6 is 27.7 Å². The number of benzene rings is 1. The van der Waals surface area contributed by atoms with E-state index in [-0.39, 0.29) is 0 Å². The highest BCUT2D eigenvalue weighted by Gasteiger charge is 2.20. The van der Waals surface area contributed by atoms with Crippen molar-refractivity contribution in [3.05, 3.63) is 28.7 Å². The Bertz CT molecular complexity index is 321. The molecule has 0 radical (unpaired) electrons. The molecule has 1 saturated carbocycles. The molecule has 2 N–H and O–H groups in total. The first kappa shape index (κ1) is 12.5. The number of halogens is 1. The second-order valence-electron chi connectivity index (χ2n) is 4.56. The minimum atomic E-state index is 0.360. The summed E-state index contributed by atoms with van der Waals surface area (Å²) >= 11 is 5.31. The minimum Gasteiger partial charge on any atom is -0.327 e. The highest BCUT2D eigenvalue weighted by atomic mass is 79.9. The summed E-state index contributed by atoms with van der Waals surface area (Å²) in [5.41, 5.74) is 6.13. The van der Waals surface area contributed by atoms with Gasteiger partial charge in [0.1, 0.15) is 0 Å². The number of hydrogen-bond acceptors (Lipinski definition) is 2. The summed E-state index contributed by atoms with van der Waals surface area (Å²) < 4.78 is 1.13. The molecule has 88 valence electrons. The van der Waals surface area contributed by atoms with E-state index < -0.39 is 0 Å². The van der Waals surface area contributed by atoms with Gasteiger partial charge in [0.05, 0.1) is 0 Å². The SMILES string of the molecule is NC(CSc1ccc(Br)cc1)CC1CCC1. The summed E-state index contributed by atoms with van der Waals surface area (Å²) in [5.74, 6) is 1.96. The zero-order valence-corrected chi connectivity index (χ0v) is 11.8. The van der Waals surface area contributed by atoms with Gasteiger partial charge < -0.3 is 5.73 Å². The van der Waals surface area contributed by atoms with Crippen molar-refractivity contribution in [1.82, 2.24) is 0 Å². The van der Waals surface area contributed by atoms with Gasteiger partial charge in [-0.25, -0.2) is 0 Å². The molecular formula is C13H18BrNS. The molecule has 1 aromatic carbocycles. The molecule has 3 heteroatoms. The molecule has 0 aliphatic heterocycles. The van der Waals surface area contributed by atoms with Crippen LogP contribution in [0, 0.1) is 5.92 Å². The molecule has 0 saturated heterocycles. The number of rotatable bonds is 5. The fourth-order valence-corrected chi connectivity index (χ4v) is 3.09. The largest absolute Gasteiger partial charge is 0.327 e. The van der Waals surface area contributed by atoms with Crippen molar-refractivity contribution in [2.75, 3.05) is 5.75 Å². The van der Waals surface area contributed by atoms with E-state index in [1.807, 2.05) is 11.8 Å². The van der Waals surface area contributed by atoms with Crippen LogP contribution < -0.4 is 5.73 Å². The molecule has 0 amide bonds. The predicted molar refractivity (Wildman–Crippen MR) is 74.8 cm³/mol. The maximum absolute atomic E-state index is 6.13. The van der Waals surface area contributed by atoms with Crippen molar-refractivity contribution in [3.63, 3.8) is 0 Å². The number of hydrogen-bond donors (Lipinski definition) is 1. The van der Waals surface area contributed by atoms with Gasteiger partial charge in [-0.3, -0.25) is 0 Å². The smallest absolute Gasteiger partial charge is 0.0176 e. The Morgan fingerprint density at radius 2 is 2.00 bits per heavy atom. The monoisotopic (exact) mass is 299 g/mol. The van der Waals surface area contributed by atoms with E-state index >= 15 is 0 Å². The summed E-state index contributed by atoms with van der Waals surface area (Å²) in [7, 11) is 0. The standard InChI is InChI=1S/C13H18BrNS/c14-11-4-6-13(7-5-11)16-9-12(15)8-10-2-1-3-10/h4-7,10,12H,1-3,8-9,15H2. The topological polar surface area (TPSA) is 26.0 Å². The van der Waals surface area contributed by atoms with E-state index in [2.05, 4.69) is 40.2 Å². The lowest BCUT2D eigenvalue weighted by molar-refractivity contribution is 0.282. The summed E-state index contributed by atoms with van der Waals surface area (Å²) in [4.78, 5) is 1.31. The van der Waals surface area contributed by atoms with Gasteiger partial charge in [0.25, 0.3) is 0 Å². The molecule has 0 aromatic heterocycles. The number of thioether (sulfide) groups is 1. The van der Waals surface area contributed by atoms with E-state index in [0.29, 0.717) is 6.04 Å². The van der Waals surface area contributed by atoms with E-state index in [1.165, 1.54) is 30.6 Å². The Labute approximate surface area is 110 Å². The Hall–Kier alpha value is 0.01000. The van der Waals surface area contributed by atoms with Gasteiger partial charge in [0.15, 0.2) is 0 Å². The number of nitrogens with two attached hydrogens (primary N) is 1. The third-order valence-corrected chi connectivity index (χ3v) is 4.87. The van der Waals surface area contributed by atoms with Gasteiger partial charge in [-0.1, -0.05) is 35.2 Å². The maximum Gasteiger partial charge on any atom is 0.0176 e. The third-order valence-electron chi connectivity index (χ3n) is 3.14. The van der Waals surface area contributed by atoms with E-state index in [9.17, 15) is 0 Å². The third kappa shape index (κ3) is 3.79. The minimum absolute atomic E-state index is 0.360. The summed E-state index contributed by atoms with van der Waals surface area (Å²) in [6.07, 6.45) is 5.42. The van der Waals surface area contributed by atoms with Crippen LogP contribution in [0.1, 0.15) is 25.7 Å². The van der Waals surface area contributed by atoms with E-state index in [1.54, 1.807) is 0 Å². The van der Waals surface area contributed by atoms with Crippen LogP contribution in [-0.2, 0) is 0 Å². The first-order valence-electron chi connectivity index (χ1n) is 5.88. The molecular weight excluding hydrogens is 282 g/mol. The lowest BCUT2D eigenvalue weighted by Crippen LogP contribution is -2.28. The molecule has 0 heterocycles. The highest BCUT2D eigenvalue weighted by Crippen LogP contribution is 2.31. The van der Waals surface area contributed by atoms with Gasteiger partial charge in [-0.2, -0.15) is 0 Å². The molecule has 1 aliphatic rings. The second kappa shape index (κ2) is 6.08. The maximum atomic E-state index is 6.13. The fourth-order valence-electron chi connectivity index (χ4n) is 1.96. The molecule has 1 fully saturated rings. The molecule has 0 spiro atoms. The average molecular weight is 300 g/mol. The molecule has 16 heavy (non-hydrogen) atoms. The van der Waals surface area contributed by atoms with Crippen molar-refractivity contribution >= 4 is 27.7 Å². The molecule has 1 nitrogen and oxygen atoms in total. The lowest BCUT2D eigenvalue weighted by atomic mass is 9.81. The Morgan fingerprint density at radius 3 is 2.56 bits per heavy atom. The van der Waals surface area contributed by atoms with Crippen LogP contribution in [0.15, 0.2) is 33.6 Å². The van der Waals surface area contributed by atoms with Gasteiger partial charge in [-0.15, -0.1) is 11.8 Å². The van der Waals surface area contributed by atoms with Crippen molar-refractivity contribution in [2.24, 2.45) is 11.7 Å². The summed E-state index contributed by atoms with van der Waals surface area (Å²) in [6, 6.07) is 8.81. The van der Waals surface area contributed by atoms with Gasteiger partial charge >= 0.3 is 0 Å². The van der Waals surface area contributed by atoms with E-state index in [0.717, 1.165) is 16.1 Å². The van der Waals surface area contributed by atoms with Crippen molar-refractivity contribution in [3.8, 4) is 0 Å². The van der Waals surface area contributed by atoms with Gasteiger partial charge in [0, 0.05) is 21.2 Å². The molecule has 0 bridgehead atoms. The first-order valence-corrected chi connectivity index (χ1v) is 7.66. The normalized spacial score (nSPS) is 18.1. The quantitative estimate of drug-likeness (QED) is 0.830. The van der Waals surface area contributed by atoms with Crippen molar-refractivity contribution < 1.29 is 0 Å². The Balaban J connectivity index is 1.71. The first-order chi connectivity index (χ1) is 7.74. The van der Waals surface area contributed by atoms with Crippen molar-refractivity contribution in [1.29, 1.82) is 0 Å². The zero-order valence-electron chi connectivity index (χ0n) is 9.36. The van der Waals surface area contributed by atoms with Crippen LogP contribution in [0.4, 0.5) is 0 Å². The molecule has 1 aromatic rings. The summed E-state index contributed by atoms with van der Waals surface area (Å²) in [6.45, 7) is 0. The van der Waals surface area contributed by atoms with Gasteiger partial charge in [-0.05, 0) is 36.6 Å². The average Bonchev–Trinajstić information content (AvgIpc) is 2.23. The van der Waals surface area contributed by atoms with Crippen LogP contribution in [0.3, 0.4) is 0 Å². The predicted octanol–water partition coefficient (Wildman–Crippen LogP) is 4.06. The molecule has 1 atom stereocenters. The Morgan fingerprint density at radius 1 is 1.31 bits per heavy atom. The molecule has 1 unspecified atom stereocenters. The lowest BCUT2D eigenvalue weighted by Gasteiger charge is -2.27. The Kier molecular flexibility index (Phi) is 4.74. The van der Waals surface area contributed by atoms with Crippen LogP contribution in [-0.4, -0.2) is 11.8 Å². The van der Waals surface area contributed by atoms with Crippen molar-refractivity contribution in [2.45, 2.75) is 36.6 Å². The van der Waals surface area contributed by atoms with Gasteiger partial charge in [0.2, 0.25) is 0 Å². The van der Waals surface area contributed by atoms with Crippen LogP contribution in [0.25, 0.3) is 0 Å². The fraction of sp³-hybridized carbons (Fsp3) is 0.538. The van der Waals surface area contributed by atoms with Crippen LogP contribution in [0.2, 0.25) is 0 Å². The molecule has 1 aliphatic carbocycles. The summed E-state index contributed by atoms with van der Waals surface area (Å²) in [5, 5.41) is 0. The molecule has 2 rings (SSSR count). The second-order valence-corrected chi connectivity index (χ2v) is 6.57. The van der Waals surface area contributed by atoms with Crippen LogP contribution in [0.5, 0.6) is 0 Å². The van der Waals surface area contributed by atoms with E-state index in [4.69, 9.17) is 5.73 Å². The zero-order chi connectivity index (χ0) is 11.4.